The number of hydrogen-bond donors (Lipinski definition) is 1. The second kappa shape index (κ2) is 5.40. The van der Waals surface area contributed by atoms with Gasteiger partial charge in [-0.3, -0.25) is 9.78 Å². The van der Waals surface area contributed by atoms with Crippen LogP contribution in [-0.2, 0) is 0 Å². The van der Waals surface area contributed by atoms with Gasteiger partial charge < -0.3 is 5.73 Å². The van der Waals surface area contributed by atoms with Gasteiger partial charge in [0, 0.05) is 11.6 Å². The molecule has 1 amide bonds. The number of aryl methyl sites for hydroxylation is 1. The number of hydrogen-bond acceptors (Lipinski definition) is 6. The van der Waals surface area contributed by atoms with E-state index in [1.54, 1.807) is 30.0 Å². The summed E-state index contributed by atoms with van der Waals surface area (Å²) >= 11 is 2.62. The van der Waals surface area contributed by atoms with Crippen molar-refractivity contribution in [2.75, 3.05) is 0 Å². The molecule has 0 unspecified atom stereocenters. The van der Waals surface area contributed by atoms with Crippen LogP contribution in [0.15, 0.2) is 17.1 Å². The number of rotatable bonds is 1. The van der Waals surface area contributed by atoms with Gasteiger partial charge in [-0.05, 0) is 18.5 Å². The minimum atomic E-state index is -0.456. The Morgan fingerprint density at radius 3 is 2.57 bits per heavy atom. The third-order valence-electron chi connectivity index (χ3n) is 1.22. The molecular weight excluding hydrogens is 220 g/mol. The van der Waals surface area contributed by atoms with E-state index < -0.39 is 5.91 Å². The van der Waals surface area contributed by atoms with E-state index in [0.29, 0.717) is 10.6 Å². The van der Waals surface area contributed by atoms with E-state index in [-0.39, 0.29) is 0 Å². The lowest BCUT2D eigenvalue weighted by molar-refractivity contribution is 0.100. The molecule has 0 saturated carbocycles. The zero-order valence-corrected chi connectivity index (χ0v) is 9.01. The predicted octanol–water partition coefficient (Wildman–Crippen LogP) is 1.09. The topological polar surface area (TPSA) is 81.8 Å². The summed E-state index contributed by atoms with van der Waals surface area (Å²) in [5.41, 5.74) is 7.35. The fraction of sp³-hybridized carbons (Fsp3) is 0.143. The van der Waals surface area contributed by atoms with Crippen molar-refractivity contribution < 1.29 is 4.79 Å². The van der Waals surface area contributed by atoms with E-state index in [2.05, 4.69) is 14.6 Å². The van der Waals surface area contributed by atoms with Crippen LogP contribution in [0.4, 0.5) is 0 Å². The first-order valence-corrected chi connectivity index (χ1v) is 5.34. The summed E-state index contributed by atoms with van der Waals surface area (Å²) in [6.07, 6.45) is 1.77. The molecule has 0 bridgehead atoms. The van der Waals surface area contributed by atoms with Crippen LogP contribution in [0.25, 0.3) is 0 Å². The number of carbonyl (C=O) groups excluding carboxylic acids is 1. The van der Waals surface area contributed by atoms with E-state index in [9.17, 15) is 4.79 Å². The van der Waals surface area contributed by atoms with Crippen molar-refractivity contribution in [3.8, 4) is 0 Å². The quantitative estimate of drug-likeness (QED) is 0.792. The van der Waals surface area contributed by atoms with Gasteiger partial charge in [0.05, 0.1) is 11.2 Å². The number of amides is 1. The van der Waals surface area contributed by atoms with E-state index >= 15 is 0 Å². The standard InChI is InChI=1S/C4H5N3OS.C3H3NS/c1-2-3(4(5)8)9-7-6-2;1-2-5-3-4-1/h1H3,(H2,5,8);1-3H. The van der Waals surface area contributed by atoms with Crippen LogP contribution in [-0.4, -0.2) is 20.5 Å². The van der Waals surface area contributed by atoms with Crippen molar-refractivity contribution in [2.24, 2.45) is 5.73 Å². The molecule has 0 aliphatic heterocycles. The number of carbonyl (C=O) groups is 1. The first-order valence-electron chi connectivity index (χ1n) is 3.62. The number of nitrogens with two attached hydrogens (primary N) is 1. The van der Waals surface area contributed by atoms with Crippen LogP contribution >= 0.6 is 22.9 Å². The molecule has 0 aliphatic carbocycles. The Bertz CT molecular complexity index is 367. The maximum absolute atomic E-state index is 10.4. The van der Waals surface area contributed by atoms with Crippen LogP contribution in [0.3, 0.4) is 0 Å². The number of aromatic nitrogens is 3. The Morgan fingerprint density at radius 1 is 1.57 bits per heavy atom. The van der Waals surface area contributed by atoms with Gasteiger partial charge in [-0.1, -0.05) is 4.49 Å². The van der Waals surface area contributed by atoms with E-state index in [1.807, 2.05) is 5.38 Å². The van der Waals surface area contributed by atoms with Crippen molar-refractivity contribution >= 4 is 28.8 Å². The smallest absolute Gasteiger partial charge is 0.262 e. The molecule has 0 aromatic carbocycles. The lowest BCUT2D eigenvalue weighted by Crippen LogP contribution is -2.09. The Balaban J connectivity index is 0.000000165. The summed E-state index contributed by atoms with van der Waals surface area (Å²) in [6.45, 7) is 1.70. The van der Waals surface area contributed by atoms with Crippen molar-refractivity contribution in [2.45, 2.75) is 6.92 Å². The van der Waals surface area contributed by atoms with Crippen LogP contribution in [0.1, 0.15) is 15.4 Å². The average molecular weight is 228 g/mol. The van der Waals surface area contributed by atoms with Gasteiger partial charge >= 0.3 is 0 Å². The molecule has 0 radical (unpaired) electrons. The van der Waals surface area contributed by atoms with Crippen LogP contribution in [0.5, 0.6) is 0 Å². The van der Waals surface area contributed by atoms with Crippen LogP contribution in [0, 0.1) is 6.92 Å². The second-order valence-electron chi connectivity index (χ2n) is 2.23. The molecule has 2 heterocycles. The normalized spacial score (nSPS) is 8.93. The predicted molar refractivity (Wildman–Crippen MR) is 55.3 cm³/mol. The van der Waals surface area contributed by atoms with Crippen molar-refractivity contribution in [1.29, 1.82) is 0 Å². The fourth-order valence-corrected chi connectivity index (χ4v) is 1.49. The second-order valence-corrected chi connectivity index (χ2v) is 3.74. The van der Waals surface area contributed by atoms with Gasteiger partial charge in [0.1, 0.15) is 4.88 Å². The maximum atomic E-state index is 10.4. The van der Waals surface area contributed by atoms with E-state index in [1.165, 1.54) is 0 Å². The van der Waals surface area contributed by atoms with Gasteiger partial charge in [0.25, 0.3) is 5.91 Å². The van der Waals surface area contributed by atoms with Gasteiger partial charge in [-0.2, -0.15) is 0 Å². The summed E-state index contributed by atoms with van der Waals surface area (Å²) in [5, 5.41) is 5.54. The Labute approximate surface area is 88.8 Å². The van der Waals surface area contributed by atoms with Crippen molar-refractivity contribution in [1.82, 2.24) is 14.6 Å². The first-order chi connectivity index (χ1) is 6.72. The van der Waals surface area contributed by atoms with Gasteiger partial charge in [-0.15, -0.1) is 16.4 Å². The highest BCUT2D eigenvalue weighted by Gasteiger charge is 2.07. The highest BCUT2D eigenvalue weighted by molar-refractivity contribution is 7.08. The molecule has 2 N–H and O–H groups in total. The van der Waals surface area contributed by atoms with E-state index in [4.69, 9.17) is 5.73 Å². The number of primary amides is 1. The Morgan fingerprint density at radius 2 is 2.36 bits per heavy atom. The lowest BCUT2D eigenvalue weighted by atomic mass is 10.4. The monoisotopic (exact) mass is 228 g/mol. The van der Waals surface area contributed by atoms with Crippen molar-refractivity contribution in [3.63, 3.8) is 0 Å². The lowest BCUT2D eigenvalue weighted by Gasteiger charge is -1.83. The molecule has 2 aromatic rings. The Hall–Kier alpha value is -1.34. The average Bonchev–Trinajstić information content (AvgIpc) is 2.74. The fourth-order valence-electron chi connectivity index (χ4n) is 0.633. The third-order valence-corrected chi connectivity index (χ3v) is 2.59. The minimum absolute atomic E-state index is 0.440. The van der Waals surface area contributed by atoms with Gasteiger partial charge in [0.15, 0.2) is 0 Å². The molecule has 14 heavy (non-hydrogen) atoms. The number of nitrogens with zero attached hydrogens (tertiary/aromatic N) is 3. The van der Waals surface area contributed by atoms with Crippen molar-refractivity contribution in [3.05, 3.63) is 27.7 Å². The van der Waals surface area contributed by atoms with E-state index in [0.717, 1.165) is 11.5 Å². The Kier molecular flexibility index (Phi) is 4.14. The number of thiazole rings is 1. The van der Waals surface area contributed by atoms with Crippen LogP contribution < -0.4 is 5.73 Å². The van der Waals surface area contributed by atoms with Gasteiger partial charge in [-0.25, -0.2) is 0 Å². The molecule has 0 saturated heterocycles. The summed E-state index contributed by atoms with van der Waals surface area (Å²) in [7, 11) is 0. The summed E-state index contributed by atoms with van der Waals surface area (Å²) in [4.78, 5) is 14.6. The molecule has 0 fully saturated rings. The molecule has 74 valence electrons. The molecule has 0 atom stereocenters. The molecule has 2 rings (SSSR count). The zero-order valence-electron chi connectivity index (χ0n) is 7.38. The minimum Gasteiger partial charge on any atom is -0.365 e. The van der Waals surface area contributed by atoms with Gasteiger partial charge in [0.2, 0.25) is 0 Å². The maximum Gasteiger partial charge on any atom is 0.262 e. The molecule has 2 aromatic heterocycles. The summed E-state index contributed by atoms with van der Waals surface area (Å²) in [5.74, 6) is -0.456. The highest BCUT2D eigenvalue weighted by Crippen LogP contribution is 2.06. The SMILES string of the molecule is Cc1nnsc1C(N)=O.c1cscn1. The molecule has 5 nitrogen and oxygen atoms in total. The molecule has 0 spiro atoms. The summed E-state index contributed by atoms with van der Waals surface area (Å²) < 4.78 is 3.53. The molecule has 7 heteroatoms. The first kappa shape index (κ1) is 10.7. The zero-order chi connectivity index (χ0) is 10.4. The summed E-state index contributed by atoms with van der Waals surface area (Å²) in [6, 6.07) is 0. The third kappa shape index (κ3) is 3.19. The largest absolute Gasteiger partial charge is 0.365 e. The molecule has 0 aliphatic rings. The van der Waals surface area contributed by atoms with Crippen LogP contribution in [0.2, 0.25) is 0 Å². The highest BCUT2D eigenvalue weighted by atomic mass is 32.1. The molecular formula is C7H8N4OS2.